The molecule has 1 rings (SSSR count). The molecule has 0 aromatic rings. The Kier molecular flexibility index (Phi) is 3.52. The fourth-order valence-corrected chi connectivity index (χ4v) is 1.63. The SMILES string of the molecule is CCOC(=O)C1C(O)=C(C)C=C(C)C1O. The van der Waals surface area contributed by atoms with Gasteiger partial charge in [0, 0.05) is 0 Å². The molecule has 0 spiro atoms. The maximum atomic E-state index is 11.5. The number of aliphatic hydroxyl groups is 2. The first-order valence-electron chi connectivity index (χ1n) is 4.91. The highest BCUT2D eigenvalue weighted by Crippen LogP contribution is 2.29. The van der Waals surface area contributed by atoms with Crippen LogP contribution in [0.2, 0.25) is 0 Å². The third-order valence-corrected chi connectivity index (χ3v) is 2.47. The Balaban J connectivity index is 2.98. The van der Waals surface area contributed by atoms with Crippen LogP contribution in [-0.4, -0.2) is 28.9 Å². The molecule has 0 aliphatic heterocycles. The maximum Gasteiger partial charge on any atom is 0.319 e. The second kappa shape index (κ2) is 4.49. The van der Waals surface area contributed by atoms with Gasteiger partial charge >= 0.3 is 5.97 Å². The summed E-state index contributed by atoms with van der Waals surface area (Å²) in [5.74, 6) is -1.67. The Hall–Kier alpha value is -1.29. The van der Waals surface area contributed by atoms with Crippen molar-refractivity contribution in [3.05, 3.63) is 23.0 Å². The summed E-state index contributed by atoms with van der Waals surface area (Å²) in [6.45, 7) is 5.32. The Bertz CT molecular complexity index is 327. The molecule has 0 aromatic heterocycles. The van der Waals surface area contributed by atoms with Crippen LogP contribution >= 0.6 is 0 Å². The maximum absolute atomic E-state index is 11.5. The van der Waals surface area contributed by atoms with Crippen molar-refractivity contribution in [2.45, 2.75) is 26.9 Å². The zero-order valence-corrected chi connectivity index (χ0v) is 9.15. The van der Waals surface area contributed by atoms with E-state index < -0.39 is 18.0 Å². The zero-order chi connectivity index (χ0) is 11.6. The predicted octanol–water partition coefficient (Wildman–Crippen LogP) is 1.32. The van der Waals surface area contributed by atoms with Crippen molar-refractivity contribution in [1.82, 2.24) is 0 Å². The van der Waals surface area contributed by atoms with Crippen molar-refractivity contribution >= 4 is 5.97 Å². The molecule has 2 N–H and O–H groups in total. The first kappa shape index (κ1) is 11.8. The van der Waals surface area contributed by atoms with E-state index in [0.29, 0.717) is 11.1 Å². The van der Waals surface area contributed by atoms with Gasteiger partial charge in [0.2, 0.25) is 0 Å². The number of carbonyl (C=O) groups is 1. The molecule has 84 valence electrons. The second-order valence-corrected chi connectivity index (χ2v) is 3.63. The molecule has 2 unspecified atom stereocenters. The second-order valence-electron chi connectivity index (χ2n) is 3.63. The standard InChI is InChI=1S/C11H16O4/c1-4-15-11(14)8-9(12)6(2)5-7(3)10(8)13/h5,8-9,12-13H,4H2,1-3H3. The van der Waals surface area contributed by atoms with Gasteiger partial charge in [0.25, 0.3) is 0 Å². The average molecular weight is 212 g/mol. The molecule has 4 heteroatoms. The van der Waals surface area contributed by atoms with E-state index in [0.717, 1.165) is 0 Å². The quantitative estimate of drug-likeness (QED) is 0.677. The first-order valence-corrected chi connectivity index (χ1v) is 4.91. The number of ether oxygens (including phenoxy) is 1. The number of esters is 1. The number of rotatable bonds is 2. The average Bonchev–Trinajstić information content (AvgIpc) is 2.16. The van der Waals surface area contributed by atoms with Crippen molar-refractivity contribution in [1.29, 1.82) is 0 Å². The fourth-order valence-electron chi connectivity index (χ4n) is 1.63. The van der Waals surface area contributed by atoms with Crippen LogP contribution in [0.4, 0.5) is 0 Å². The van der Waals surface area contributed by atoms with Crippen molar-refractivity contribution < 1.29 is 19.7 Å². The molecule has 1 aliphatic carbocycles. The summed E-state index contributed by atoms with van der Waals surface area (Å²) in [5, 5.41) is 19.5. The van der Waals surface area contributed by atoms with E-state index in [4.69, 9.17) is 4.74 Å². The van der Waals surface area contributed by atoms with Crippen LogP contribution in [0, 0.1) is 5.92 Å². The van der Waals surface area contributed by atoms with Gasteiger partial charge in [-0.25, -0.2) is 0 Å². The van der Waals surface area contributed by atoms with Gasteiger partial charge in [-0.1, -0.05) is 6.08 Å². The van der Waals surface area contributed by atoms with E-state index in [1.165, 1.54) is 0 Å². The predicted molar refractivity (Wildman–Crippen MR) is 55.2 cm³/mol. The van der Waals surface area contributed by atoms with Gasteiger partial charge in [0.1, 0.15) is 11.7 Å². The lowest BCUT2D eigenvalue weighted by Gasteiger charge is -2.26. The molecule has 0 saturated heterocycles. The summed E-state index contributed by atoms with van der Waals surface area (Å²) in [6.07, 6.45) is 0.670. The lowest BCUT2D eigenvalue weighted by molar-refractivity contribution is -0.150. The Morgan fingerprint density at radius 2 is 2.13 bits per heavy atom. The lowest BCUT2D eigenvalue weighted by atomic mass is 9.87. The molecular weight excluding hydrogens is 196 g/mol. The van der Waals surface area contributed by atoms with Crippen LogP contribution in [0.25, 0.3) is 0 Å². The number of hydrogen-bond acceptors (Lipinski definition) is 4. The highest BCUT2D eigenvalue weighted by Gasteiger charge is 2.36. The van der Waals surface area contributed by atoms with Gasteiger partial charge in [0.05, 0.1) is 12.7 Å². The molecule has 0 fully saturated rings. The monoisotopic (exact) mass is 212 g/mol. The van der Waals surface area contributed by atoms with Crippen LogP contribution in [0.5, 0.6) is 0 Å². The van der Waals surface area contributed by atoms with E-state index in [2.05, 4.69) is 0 Å². The molecule has 0 amide bonds. The Labute approximate surface area is 88.9 Å². The Morgan fingerprint density at radius 3 is 2.67 bits per heavy atom. The molecular formula is C11H16O4. The van der Waals surface area contributed by atoms with Crippen LogP contribution in [0.1, 0.15) is 20.8 Å². The van der Waals surface area contributed by atoms with Crippen molar-refractivity contribution in [3.63, 3.8) is 0 Å². The number of allylic oxidation sites excluding steroid dienone is 2. The van der Waals surface area contributed by atoms with Crippen LogP contribution in [-0.2, 0) is 9.53 Å². The van der Waals surface area contributed by atoms with Crippen LogP contribution in [0.15, 0.2) is 23.0 Å². The molecule has 0 radical (unpaired) electrons. The van der Waals surface area contributed by atoms with E-state index in [1.807, 2.05) is 0 Å². The topological polar surface area (TPSA) is 66.8 Å². The highest BCUT2D eigenvalue weighted by molar-refractivity contribution is 5.77. The van der Waals surface area contributed by atoms with Gasteiger partial charge in [-0.2, -0.15) is 0 Å². The molecule has 0 bridgehead atoms. The summed E-state index contributed by atoms with van der Waals surface area (Å²) in [5.41, 5.74) is 1.25. The third kappa shape index (κ3) is 2.21. The molecule has 0 aromatic carbocycles. The Morgan fingerprint density at radius 1 is 1.53 bits per heavy atom. The van der Waals surface area contributed by atoms with E-state index >= 15 is 0 Å². The largest absolute Gasteiger partial charge is 0.511 e. The van der Waals surface area contributed by atoms with Gasteiger partial charge in [-0.3, -0.25) is 4.79 Å². The van der Waals surface area contributed by atoms with Gasteiger partial charge in [-0.15, -0.1) is 0 Å². The molecule has 1 aliphatic rings. The van der Waals surface area contributed by atoms with Gasteiger partial charge < -0.3 is 14.9 Å². The van der Waals surface area contributed by atoms with Crippen molar-refractivity contribution in [2.24, 2.45) is 5.92 Å². The number of carbonyl (C=O) groups excluding carboxylic acids is 1. The highest BCUT2D eigenvalue weighted by atomic mass is 16.5. The summed E-state index contributed by atoms with van der Waals surface area (Å²) in [6, 6.07) is 0. The molecule has 2 atom stereocenters. The zero-order valence-electron chi connectivity index (χ0n) is 9.15. The van der Waals surface area contributed by atoms with Gasteiger partial charge in [0.15, 0.2) is 0 Å². The summed E-state index contributed by atoms with van der Waals surface area (Å²) in [4.78, 5) is 11.5. The summed E-state index contributed by atoms with van der Waals surface area (Å²) < 4.78 is 4.80. The molecule has 4 nitrogen and oxygen atoms in total. The molecule has 0 heterocycles. The minimum Gasteiger partial charge on any atom is -0.511 e. The lowest BCUT2D eigenvalue weighted by Crippen LogP contribution is -2.35. The number of hydrogen-bond donors (Lipinski definition) is 2. The normalized spacial score (nSPS) is 26.3. The van der Waals surface area contributed by atoms with E-state index in [1.54, 1.807) is 26.8 Å². The van der Waals surface area contributed by atoms with Crippen LogP contribution in [0.3, 0.4) is 0 Å². The summed E-state index contributed by atoms with van der Waals surface area (Å²) in [7, 11) is 0. The van der Waals surface area contributed by atoms with E-state index in [9.17, 15) is 15.0 Å². The molecule has 15 heavy (non-hydrogen) atoms. The molecule has 0 saturated carbocycles. The third-order valence-electron chi connectivity index (χ3n) is 2.47. The minimum atomic E-state index is -0.993. The van der Waals surface area contributed by atoms with Crippen LogP contribution < -0.4 is 0 Å². The van der Waals surface area contributed by atoms with Crippen molar-refractivity contribution in [3.8, 4) is 0 Å². The minimum absolute atomic E-state index is 0.105. The summed E-state index contributed by atoms with van der Waals surface area (Å²) >= 11 is 0. The smallest absolute Gasteiger partial charge is 0.319 e. The first-order chi connectivity index (χ1) is 6.99. The van der Waals surface area contributed by atoms with Crippen molar-refractivity contribution in [2.75, 3.05) is 6.61 Å². The fraction of sp³-hybridized carbons (Fsp3) is 0.545. The number of aliphatic hydroxyl groups excluding tert-OH is 2. The van der Waals surface area contributed by atoms with E-state index in [-0.39, 0.29) is 12.4 Å². The van der Waals surface area contributed by atoms with Gasteiger partial charge in [-0.05, 0) is 31.9 Å².